The van der Waals surface area contributed by atoms with Crippen molar-refractivity contribution in [2.75, 3.05) is 13.7 Å². The third kappa shape index (κ3) is 5.24. The minimum absolute atomic E-state index is 0.0242. The van der Waals surface area contributed by atoms with Crippen LogP contribution >= 0.6 is 23.2 Å². The number of pyridine rings is 1. The van der Waals surface area contributed by atoms with Gasteiger partial charge in [0.05, 0.1) is 19.3 Å². The smallest absolute Gasteiger partial charge is 0.422 e. The average Bonchev–Trinajstić information content (AvgIpc) is 2.82. The van der Waals surface area contributed by atoms with E-state index in [1.54, 1.807) is 19.1 Å². The number of carbonyl (C=O) groups is 1. The van der Waals surface area contributed by atoms with Crippen molar-refractivity contribution >= 4 is 29.2 Å². The van der Waals surface area contributed by atoms with Gasteiger partial charge in [-0.15, -0.1) is 0 Å². The van der Waals surface area contributed by atoms with E-state index < -0.39 is 29.2 Å². The van der Waals surface area contributed by atoms with Crippen LogP contribution in [0.3, 0.4) is 0 Å². The number of methoxy groups -OCH3 is 1. The summed E-state index contributed by atoms with van der Waals surface area (Å²) in [7, 11) is 1.33. The predicted molar refractivity (Wildman–Crippen MR) is 127 cm³/mol. The third-order valence-corrected chi connectivity index (χ3v) is 6.26. The second kappa shape index (κ2) is 10.4. The van der Waals surface area contributed by atoms with Crippen LogP contribution in [0.15, 0.2) is 54.7 Å². The zero-order valence-electron chi connectivity index (χ0n) is 19.0. The van der Waals surface area contributed by atoms with E-state index in [2.05, 4.69) is 4.98 Å². The number of alkyl halides is 3. The maximum Gasteiger partial charge on any atom is 0.422 e. The molecule has 0 saturated heterocycles. The molecule has 1 heterocycles. The summed E-state index contributed by atoms with van der Waals surface area (Å²) in [6.07, 6.45) is -4.12. The molecule has 3 rings (SSSR count). The van der Waals surface area contributed by atoms with Crippen molar-refractivity contribution < 1.29 is 32.5 Å². The summed E-state index contributed by atoms with van der Waals surface area (Å²) in [5.41, 5.74) is -2.59. The molecule has 186 valence electrons. The summed E-state index contributed by atoms with van der Waals surface area (Å²) in [5.74, 6) is -2.00. The van der Waals surface area contributed by atoms with Gasteiger partial charge in [0.15, 0.2) is 5.60 Å². The molecule has 2 unspecified atom stereocenters. The lowest BCUT2D eigenvalue weighted by atomic mass is 9.78. The number of benzene rings is 2. The summed E-state index contributed by atoms with van der Waals surface area (Å²) >= 11 is 12.5. The highest BCUT2D eigenvalue weighted by atomic mass is 35.5. The second-order valence-electron chi connectivity index (χ2n) is 7.72. The normalized spacial score (nSPS) is 14.2. The molecular formula is C25H22Cl2F3NO4. The van der Waals surface area contributed by atoms with Crippen molar-refractivity contribution in [1.29, 1.82) is 0 Å². The van der Waals surface area contributed by atoms with Crippen molar-refractivity contribution in [1.82, 2.24) is 4.98 Å². The van der Waals surface area contributed by atoms with Crippen LogP contribution in [0.25, 0.3) is 11.1 Å². The number of nitrogens with zero attached hydrogens (tertiary/aromatic N) is 1. The highest BCUT2D eigenvalue weighted by Gasteiger charge is 2.59. The first-order valence-electron chi connectivity index (χ1n) is 10.5. The first-order valence-corrected chi connectivity index (χ1v) is 11.3. The van der Waals surface area contributed by atoms with Crippen LogP contribution in [0.2, 0.25) is 10.0 Å². The van der Waals surface area contributed by atoms with Crippen molar-refractivity contribution in [2.24, 2.45) is 0 Å². The Kier molecular flexibility index (Phi) is 7.99. The highest BCUT2D eigenvalue weighted by molar-refractivity contribution is 6.32. The largest absolute Gasteiger partial charge is 0.481 e. The molecule has 2 aromatic carbocycles. The highest BCUT2D eigenvalue weighted by Crippen LogP contribution is 2.50. The Balaban J connectivity index is 2.08. The Morgan fingerprint density at radius 3 is 2.37 bits per heavy atom. The lowest BCUT2D eigenvalue weighted by molar-refractivity contribution is -0.274. The molecule has 3 aromatic rings. The van der Waals surface area contributed by atoms with Gasteiger partial charge >= 0.3 is 12.1 Å². The molecule has 1 aromatic heterocycles. The first-order chi connectivity index (χ1) is 16.4. The van der Waals surface area contributed by atoms with Crippen LogP contribution in [-0.2, 0) is 10.3 Å². The van der Waals surface area contributed by atoms with Gasteiger partial charge in [-0.05, 0) is 47.9 Å². The van der Waals surface area contributed by atoms with E-state index in [0.29, 0.717) is 16.1 Å². The van der Waals surface area contributed by atoms with Crippen LogP contribution < -0.4 is 4.74 Å². The number of ether oxygens (including phenoxy) is 2. The maximum absolute atomic E-state index is 14.2. The standard InChI is InChI=1S/C25H22Cl2F3NO4/c1-4-35-23(32)20-12-17(26)7-9-19(20)15-5-8-18(21(27)11-15)14(2)24(33,25(28,29)30)16-6-10-22(34-3)31-13-16/h5-14,33H,4H2,1-3H3. The summed E-state index contributed by atoms with van der Waals surface area (Å²) in [6, 6.07) is 11.3. The van der Waals surface area contributed by atoms with E-state index in [1.807, 2.05) is 0 Å². The Hall–Kier alpha value is -2.81. The molecule has 35 heavy (non-hydrogen) atoms. The van der Waals surface area contributed by atoms with Gasteiger partial charge in [0.25, 0.3) is 0 Å². The lowest BCUT2D eigenvalue weighted by Gasteiger charge is -2.36. The average molecular weight is 528 g/mol. The van der Waals surface area contributed by atoms with E-state index in [1.165, 1.54) is 44.4 Å². The molecule has 5 nitrogen and oxygen atoms in total. The number of aliphatic hydroxyl groups is 1. The fourth-order valence-electron chi connectivity index (χ4n) is 3.80. The van der Waals surface area contributed by atoms with Gasteiger partial charge in [-0.2, -0.15) is 13.2 Å². The monoisotopic (exact) mass is 527 g/mol. The Labute approximate surface area is 210 Å². The molecule has 0 radical (unpaired) electrons. The molecule has 0 spiro atoms. The number of rotatable bonds is 7. The number of carbonyl (C=O) groups excluding carboxylic acids is 1. The summed E-state index contributed by atoms with van der Waals surface area (Å²) < 4.78 is 52.6. The van der Waals surface area contributed by atoms with Crippen LogP contribution in [0.5, 0.6) is 5.88 Å². The predicted octanol–water partition coefficient (Wildman–Crippen LogP) is 6.79. The molecule has 1 N–H and O–H groups in total. The van der Waals surface area contributed by atoms with Crippen molar-refractivity contribution in [3.05, 3.63) is 81.5 Å². The molecule has 0 saturated carbocycles. The van der Waals surface area contributed by atoms with Crippen molar-refractivity contribution in [3.8, 4) is 17.0 Å². The van der Waals surface area contributed by atoms with Gasteiger partial charge in [0, 0.05) is 33.8 Å². The first kappa shape index (κ1) is 26.8. The van der Waals surface area contributed by atoms with Gasteiger partial charge in [0.2, 0.25) is 5.88 Å². The molecule has 0 fully saturated rings. The maximum atomic E-state index is 14.2. The zero-order chi connectivity index (χ0) is 26.0. The third-order valence-electron chi connectivity index (χ3n) is 5.70. The molecule has 2 atom stereocenters. The minimum atomic E-state index is -5.04. The quantitative estimate of drug-likeness (QED) is 0.342. The fraction of sp³-hybridized carbons (Fsp3) is 0.280. The number of hydrogen-bond acceptors (Lipinski definition) is 5. The van der Waals surface area contributed by atoms with Gasteiger partial charge in [-0.1, -0.05) is 48.3 Å². The van der Waals surface area contributed by atoms with Gasteiger partial charge < -0.3 is 14.6 Å². The van der Waals surface area contributed by atoms with Gasteiger partial charge in [-0.25, -0.2) is 9.78 Å². The molecule has 0 bridgehead atoms. The summed E-state index contributed by atoms with van der Waals surface area (Å²) in [5, 5.41) is 11.3. The van der Waals surface area contributed by atoms with Crippen LogP contribution in [-0.4, -0.2) is 36.0 Å². The van der Waals surface area contributed by atoms with E-state index in [4.69, 9.17) is 32.7 Å². The van der Waals surface area contributed by atoms with Crippen LogP contribution in [0.1, 0.15) is 41.3 Å². The second-order valence-corrected chi connectivity index (χ2v) is 8.57. The number of hydrogen-bond donors (Lipinski definition) is 1. The lowest BCUT2D eigenvalue weighted by Crippen LogP contribution is -2.46. The zero-order valence-corrected chi connectivity index (χ0v) is 20.5. The number of aromatic nitrogens is 1. The number of halogens is 5. The Morgan fingerprint density at radius 1 is 1.11 bits per heavy atom. The molecule has 10 heteroatoms. The molecular weight excluding hydrogens is 506 g/mol. The van der Waals surface area contributed by atoms with Crippen molar-refractivity contribution in [2.45, 2.75) is 31.5 Å². The van der Waals surface area contributed by atoms with E-state index in [0.717, 1.165) is 12.3 Å². The minimum Gasteiger partial charge on any atom is -0.481 e. The van der Waals surface area contributed by atoms with E-state index >= 15 is 0 Å². The number of esters is 1. The molecule has 0 amide bonds. The van der Waals surface area contributed by atoms with Crippen molar-refractivity contribution in [3.63, 3.8) is 0 Å². The topological polar surface area (TPSA) is 68.7 Å². The van der Waals surface area contributed by atoms with E-state index in [-0.39, 0.29) is 28.6 Å². The SMILES string of the molecule is CCOC(=O)c1cc(Cl)ccc1-c1ccc(C(C)C(O)(c2ccc(OC)nc2)C(F)(F)F)c(Cl)c1. The molecule has 0 aliphatic carbocycles. The van der Waals surface area contributed by atoms with Crippen LogP contribution in [0.4, 0.5) is 13.2 Å². The molecule has 0 aliphatic rings. The summed E-state index contributed by atoms with van der Waals surface area (Å²) in [6.45, 7) is 3.04. The van der Waals surface area contributed by atoms with Gasteiger partial charge in [0.1, 0.15) is 0 Å². The molecule has 0 aliphatic heterocycles. The summed E-state index contributed by atoms with van der Waals surface area (Å²) in [4.78, 5) is 16.2. The Morgan fingerprint density at radius 2 is 1.83 bits per heavy atom. The van der Waals surface area contributed by atoms with Crippen LogP contribution in [0, 0.1) is 0 Å². The fourth-order valence-corrected chi connectivity index (χ4v) is 4.32. The van der Waals surface area contributed by atoms with Gasteiger partial charge in [-0.3, -0.25) is 0 Å². The Bertz CT molecular complexity index is 1220. The van der Waals surface area contributed by atoms with E-state index in [9.17, 15) is 23.1 Å².